The van der Waals surface area contributed by atoms with Crippen LogP contribution < -0.4 is 5.32 Å². The summed E-state index contributed by atoms with van der Waals surface area (Å²) in [4.78, 5) is 0. The topological polar surface area (TPSA) is 32.3 Å². The van der Waals surface area contributed by atoms with Crippen molar-refractivity contribution in [2.24, 2.45) is 0 Å². The van der Waals surface area contributed by atoms with Gasteiger partial charge in [-0.2, -0.15) is 0 Å². The normalized spacial score (nSPS) is 17.5. The molecule has 2 N–H and O–H groups in total. The van der Waals surface area contributed by atoms with Gasteiger partial charge in [-0.15, -0.1) is 0 Å². The molecule has 2 nitrogen and oxygen atoms in total. The molecule has 2 unspecified atom stereocenters. The van der Waals surface area contributed by atoms with E-state index in [2.05, 4.69) is 37.4 Å². The van der Waals surface area contributed by atoms with Gasteiger partial charge in [0.15, 0.2) is 0 Å². The van der Waals surface area contributed by atoms with Gasteiger partial charge in [-0.3, -0.25) is 0 Å². The minimum atomic E-state index is 0.266. The summed E-state index contributed by atoms with van der Waals surface area (Å²) in [5.41, 5.74) is 4.46. The monoisotopic (exact) mass is 247 g/mol. The first-order chi connectivity index (χ1) is 8.74. The van der Waals surface area contributed by atoms with Crippen molar-refractivity contribution in [3.05, 3.63) is 34.9 Å². The van der Waals surface area contributed by atoms with Gasteiger partial charge in [-0.05, 0) is 55.7 Å². The smallest absolute Gasteiger partial charge is 0.0445 e. The zero-order valence-corrected chi connectivity index (χ0v) is 11.6. The van der Waals surface area contributed by atoms with Crippen LogP contribution in [0.25, 0.3) is 0 Å². The second kappa shape index (κ2) is 6.35. The first kappa shape index (κ1) is 13.6. The van der Waals surface area contributed by atoms with E-state index in [1.54, 1.807) is 0 Å². The van der Waals surface area contributed by atoms with Crippen molar-refractivity contribution in [2.45, 2.75) is 58.0 Å². The van der Waals surface area contributed by atoms with Crippen molar-refractivity contribution in [3.8, 4) is 0 Å². The molecule has 18 heavy (non-hydrogen) atoms. The Hall–Kier alpha value is -0.860. The molecule has 0 saturated carbocycles. The highest BCUT2D eigenvalue weighted by Crippen LogP contribution is 2.25. The van der Waals surface area contributed by atoms with Gasteiger partial charge in [0.2, 0.25) is 0 Å². The van der Waals surface area contributed by atoms with E-state index in [-0.39, 0.29) is 6.61 Å². The highest BCUT2D eigenvalue weighted by molar-refractivity contribution is 5.36. The summed E-state index contributed by atoms with van der Waals surface area (Å²) in [5.74, 6) is 0. The predicted molar refractivity (Wildman–Crippen MR) is 75.8 cm³/mol. The Morgan fingerprint density at radius 2 is 2.06 bits per heavy atom. The molecule has 2 heteroatoms. The molecular weight excluding hydrogens is 222 g/mol. The van der Waals surface area contributed by atoms with Crippen LogP contribution in [0, 0.1) is 0 Å². The molecule has 0 radical (unpaired) electrons. The fraction of sp³-hybridized carbons (Fsp3) is 0.625. The third kappa shape index (κ3) is 3.12. The first-order valence-electron chi connectivity index (χ1n) is 7.23. The van der Waals surface area contributed by atoms with Gasteiger partial charge in [0.25, 0.3) is 0 Å². The molecule has 0 heterocycles. The van der Waals surface area contributed by atoms with Crippen LogP contribution >= 0.6 is 0 Å². The van der Waals surface area contributed by atoms with E-state index in [1.165, 1.54) is 36.0 Å². The van der Waals surface area contributed by atoms with Gasteiger partial charge in [0.05, 0.1) is 0 Å². The van der Waals surface area contributed by atoms with Crippen molar-refractivity contribution < 1.29 is 5.11 Å². The molecule has 1 aliphatic carbocycles. The number of hydrogen-bond acceptors (Lipinski definition) is 2. The van der Waals surface area contributed by atoms with Crippen molar-refractivity contribution in [3.63, 3.8) is 0 Å². The Labute approximate surface area is 110 Å². The molecule has 0 spiro atoms. The van der Waals surface area contributed by atoms with Gasteiger partial charge in [0.1, 0.15) is 0 Å². The van der Waals surface area contributed by atoms with Gasteiger partial charge in [-0.1, -0.05) is 25.1 Å². The SMILES string of the molecule is CCC(CCO)NC(C)c1ccc2c(c1)CCC2. The highest BCUT2D eigenvalue weighted by Gasteiger charge is 2.15. The van der Waals surface area contributed by atoms with Gasteiger partial charge < -0.3 is 10.4 Å². The predicted octanol–water partition coefficient (Wildman–Crippen LogP) is 2.99. The summed E-state index contributed by atoms with van der Waals surface area (Å²) >= 11 is 0. The van der Waals surface area contributed by atoms with Crippen molar-refractivity contribution in [1.29, 1.82) is 0 Å². The van der Waals surface area contributed by atoms with Crippen LogP contribution in [-0.4, -0.2) is 17.8 Å². The molecular formula is C16H25NO. The van der Waals surface area contributed by atoms with Crippen molar-refractivity contribution in [1.82, 2.24) is 5.32 Å². The summed E-state index contributed by atoms with van der Waals surface area (Å²) in [6.07, 6.45) is 5.70. The van der Waals surface area contributed by atoms with E-state index >= 15 is 0 Å². The van der Waals surface area contributed by atoms with Crippen LogP contribution in [0.2, 0.25) is 0 Å². The second-order valence-electron chi connectivity index (χ2n) is 5.39. The van der Waals surface area contributed by atoms with E-state index in [9.17, 15) is 0 Å². The molecule has 0 amide bonds. The lowest BCUT2D eigenvalue weighted by molar-refractivity contribution is 0.257. The van der Waals surface area contributed by atoms with Gasteiger partial charge in [0, 0.05) is 18.7 Å². The summed E-state index contributed by atoms with van der Waals surface area (Å²) in [6, 6.07) is 7.70. The molecule has 2 atom stereocenters. The highest BCUT2D eigenvalue weighted by atomic mass is 16.3. The van der Waals surface area contributed by atoms with Crippen LogP contribution in [0.1, 0.15) is 55.8 Å². The Morgan fingerprint density at radius 1 is 1.28 bits per heavy atom. The molecule has 1 aromatic rings. The number of nitrogens with one attached hydrogen (secondary N) is 1. The summed E-state index contributed by atoms with van der Waals surface area (Å²) in [7, 11) is 0. The molecule has 1 aliphatic rings. The van der Waals surface area contributed by atoms with E-state index in [0.29, 0.717) is 12.1 Å². The Balaban J connectivity index is 2.02. The lowest BCUT2D eigenvalue weighted by Crippen LogP contribution is -2.31. The number of aliphatic hydroxyl groups is 1. The van der Waals surface area contributed by atoms with Crippen LogP contribution in [-0.2, 0) is 12.8 Å². The van der Waals surface area contributed by atoms with E-state index in [4.69, 9.17) is 5.11 Å². The minimum Gasteiger partial charge on any atom is -0.396 e. The Morgan fingerprint density at radius 3 is 2.78 bits per heavy atom. The number of rotatable bonds is 6. The quantitative estimate of drug-likeness (QED) is 0.810. The maximum absolute atomic E-state index is 9.04. The molecule has 0 fully saturated rings. The number of hydrogen-bond donors (Lipinski definition) is 2. The van der Waals surface area contributed by atoms with Gasteiger partial charge in [-0.25, -0.2) is 0 Å². The maximum Gasteiger partial charge on any atom is 0.0445 e. The standard InChI is InChI=1S/C16H25NO/c1-3-16(9-10-18)17-12(2)14-8-7-13-5-4-6-15(13)11-14/h7-8,11-12,16-18H,3-6,9-10H2,1-2H3. The van der Waals surface area contributed by atoms with Crippen molar-refractivity contribution >= 4 is 0 Å². The fourth-order valence-corrected chi connectivity index (χ4v) is 2.87. The fourth-order valence-electron chi connectivity index (χ4n) is 2.87. The number of aryl methyl sites for hydroxylation is 2. The molecule has 2 rings (SSSR count). The van der Waals surface area contributed by atoms with E-state index in [0.717, 1.165) is 12.8 Å². The van der Waals surface area contributed by atoms with E-state index < -0.39 is 0 Å². The summed E-state index contributed by atoms with van der Waals surface area (Å²) < 4.78 is 0. The lowest BCUT2D eigenvalue weighted by Gasteiger charge is -2.22. The lowest BCUT2D eigenvalue weighted by atomic mass is 10.0. The van der Waals surface area contributed by atoms with Crippen LogP contribution in [0.3, 0.4) is 0 Å². The third-order valence-electron chi connectivity index (χ3n) is 4.08. The molecule has 1 aromatic carbocycles. The number of fused-ring (bicyclic) bond motifs is 1. The van der Waals surface area contributed by atoms with Crippen LogP contribution in [0.15, 0.2) is 18.2 Å². The third-order valence-corrected chi connectivity index (χ3v) is 4.08. The Bertz CT molecular complexity index is 389. The zero-order chi connectivity index (χ0) is 13.0. The molecule has 100 valence electrons. The number of aliphatic hydroxyl groups excluding tert-OH is 1. The zero-order valence-electron chi connectivity index (χ0n) is 11.6. The largest absolute Gasteiger partial charge is 0.396 e. The molecule has 0 aromatic heterocycles. The average Bonchev–Trinajstić information content (AvgIpc) is 2.85. The minimum absolute atomic E-state index is 0.266. The molecule has 0 aliphatic heterocycles. The average molecular weight is 247 g/mol. The van der Waals surface area contributed by atoms with Crippen LogP contribution in [0.4, 0.5) is 0 Å². The molecule has 0 saturated heterocycles. The first-order valence-corrected chi connectivity index (χ1v) is 7.23. The van der Waals surface area contributed by atoms with Crippen LogP contribution in [0.5, 0.6) is 0 Å². The van der Waals surface area contributed by atoms with E-state index in [1.807, 2.05) is 0 Å². The second-order valence-corrected chi connectivity index (χ2v) is 5.39. The molecule has 0 bridgehead atoms. The number of benzene rings is 1. The van der Waals surface area contributed by atoms with Crippen molar-refractivity contribution in [2.75, 3.05) is 6.61 Å². The van der Waals surface area contributed by atoms with Gasteiger partial charge >= 0.3 is 0 Å². The summed E-state index contributed by atoms with van der Waals surface area (Å²) in [5, 5.41) is 12.7. The maximum atomic E-state index is 9.04. The Kier molecular flexibility index (Phi) is 4.79. The summed E-state index contributed by atoms with van der Waals surface area (Å²) in [6.45, 7) is 4.65.